The molecule has 2 aromatic heterocycles. The number of carbonyl (C=O) groups is 1. The smallest absolute Gasteiger partial charge is 0.322 e. The number of phenols is 1. The summed E-state index contributed by atoms with van der Waals surface area (Å²) >= 11 is 0. The quantitative estimate of drug-likeness (QED) is 0.410. The number of hydroxylamine groups is 1. The zero-order valence-electron chi connectivity index (χ0n) is 11.5. The molecule has 3 rings (SSSR count). The van der Waals surface area contributed by atoms with E-state index in [0.29, 0.717) is 5.56 Å². The topological polar surface area (TPSA) is 146 Å². The van der Waals surface area contributed by atoms with Gasteiger partial charge in [-0.25, -0.2) is 15.4 Å². The third kappa shape index (κ3) is 3.22. The highest BCUT2D eigenvalue weighted by Crippen LogP contribution is 2.22. The van der Waals surface area contributed by atoms with Gasteiger partial charge in [-0.05, 0) is 24.3 Å². The van der Waals surface area contributed by atoms with Gasteiger partial charge in [-0.1, -0.05) is 5.10 Å². The van der Waals surface area contributed by atoms with E-state index < -0.39 is 5.91 Å². The fraction of sp³-hybridized carbons (Fsp3) is 0. The van der Waals surface area contributed by atoms with Gasteiger partial charge in [0.1, 0.15) is 5.75 Å². The molecule has 1 amide bonds. The lowest BCUT2D eigenvalue weighted by atomic mass is 10.2. The summed E-state index contributed by atoms with van der Waals surface area (Å²) in [5, 5.41) is 28.1. The number of aromatic nitrogens is 4. The van der Waals surface area contributed by atoms with E-state index >= 15 is 0 Å². The summed E-state index contributed by atoms with van der Waals surface area (Å²) < 4.78 is 5.40. The Hall–Kier alpha value is -3.53. The summed E-state index contributed by atoms with van der Waals surface area (Å²) in [7, 11) is 0. The van der Waals surface area contributed by atoms with Gasteiger partial charge in [-0.2, -0.15) is 0 Å². The molecule has 23 heavy (non-hydrogen) atoms. The van der Waals surface area contributed by atoms with Crippen molar-refractivity contribution in [2.45, 2.75) is 0 Å². The number of nitrogens with one attached hydrogen (secondary N) is 2. The van der Waals surface area contributed by atoms with Crippen LogP contribution in [-0.2, 0) is 0 Å². The highest BCUT2D eigenvalue weighted by molar-refractivity contribution is 5.92. The predicted octanol–water partition coefficient (Wildman–Crippen LogP) is 1.09. The molecule has 0 unspecified atom stereocenters. The number of phenolic OH excluding ortho intramolecular Hbond substituents is 1. The van der Waals surface area contributed by atoms with Crippen LogP contribution in [0.15, 0.2) is 41.1 Å². The van der Waals surface area contributed by atoms with Crippen molar-refractivity contribution < 1.29 is 19.5 Å². The number of hydrogen-bond donors (Lipinski definition) is 4. The molecule has 0 atom stereocenters. The lowest BCUT2D eigenvalue weighted by Crippen LogP contribution is -2.19. The minimum Gasteiger partial charge on any atom is -0.508 e. The number of hydrogen-bond acceptors (Lipinski definition) is 9. The van der Waals surface area contributed by atoms with Gasteiger partial charge in [0.05, 0.1) is 5.56 Å². The van der Waals surface area contributed by atoms with Gasteiger partial charge in [0, 0.05) is 18.0 Å². The van der Waals surface area contributed by atoms with E-state index in [1.165, 1.54) is 30.0 Å². The van der Waals surface area contributed by atoms with Crippen LogP contribution in [0, 0.1) is 0 Å². The Kier molecular flexibility index (Phi) is 3.80. The zero-order valence-corrected chi connectivity index (χ0v) is 11.5. The maximum atomic E-state index is 11.1. The van der Waals surface area contributed by atoms with Crippen LogP contribution in [0.5, 0.6) is 5.75 Å². The Morgan fingerprint density at radius 1 is 1.09 bits per heavy atom. The van der Waals surface area contributed by atoms with Gasteiger partial charge in [0.15, 0.2) is 0 Å². The van der Waals surface area contributed by atoms with Crippen molar-refractivity contribution in [3.63, 3.8) is 0 Å². The van der Waals surface area contributed by atoms with Crippen LogP contribution in [0.3, 0.4) is 0 Å². The predicted molar refractivity (Wildman–Crippen MR) is 76.0 cm³/mol. The van der Waals surface area contributed by atoms with Gasteiger partial charge in [0.2, 0.25) is 11.8 Å². The second-order valence-electron chi connectivity index (χ2n) is 4.32. The molecule has 1 aromatic carbocycles. The average molecular weight is 314 g/mol. The molecule has 10 heteroatoms. The number of rotatable bonds is 4. The number of anilines is 2. The van der Waals surface area contributed by atoms with Gasteiger partial charge in [0.25, 0.3) is 5.91 Å². The van der Waals surface area contributed by atoms with Crippen molar-refractivity contribution in [2.24, 2.45) is 0 Å². The third-order valence-electron chi connectivity index (χ3n) is 2.77. The van der Waals surface area contributed by atoms with Crippen LogP contribution < -0.4 is 10.8 Å². The van der Waals surface area contributed by atoms with E-state index in [-0.39, 0.29) is 29.2 Å². The maximum Gasteiger partial charge on any atom is 0.322 e. The minimum atomic E-state index is -0.719. The van der Waals surface area contributed by atoms with Crippen LogP contribution in [0.1, 0.15) is 10.4 Å². The summed E-state index contributed by atoms with van der Waals surface area (Å²) in [5.74, 6) is -0.194. The summed E-state index contributed by atoms with van der Waals surface area (Å²) in [4.78, 5) is 18.9. The molecule has 0 spiro atoms. The number of aromatic hydroxyl groups is 1. The molecule has 0 aliphatic rings. The van der Waals surface area contributed by atoms with Gasteiger partial charge < -0.3 is 9.52 Å². The van der Waals surface area contributed by atoms with Crippen molar-refractivity contribution in [3.05, 3.63) is 42.2 Å². The van der Waals surface area contributed by atoms with Crippen molar-refractivity contribution in [3.8, 4) is 17.2 Å². The molecule has 0 aliphatic carbocycles. The highest BCUT2D eigenvalue weighted by Gasteiger charge is 2.11. The molecule has 10 nitrogen and oxygen atoms in total. The second kappa shape index (κ2) is 6.07. The third-order valence-corrected chi connectivity index (χ3v) is 2.77. The number of carbonyl (C=O) groups excluding carboxylic acids is 1. The zero-order chi connectivity index (χ0) is 16.2. The van der Waals surface area contributed by atoms with Crippen LogP contribution in [0.4, 0.5) is 12.0 Å². The molecule has 0 bridgehead atoms. The second-order valence-corrected chi connectivity index (χ2v) is 4.32. The van der Waals surface area contributed by atoms with Crippen molar-refractivity contribution in [2.75, 3.05) is 5.32 Å². The molecule has 116 valence electrons. The molecule has 2 heterocycles. The molecule has 0 aliphatic heterocycles. The molecule has 0 saturated heterocycles. The first-order valence-electron chi connectivity index (χ1n) is 6.32. The standard InChI is InChI=1S/C13H10N6O4/c20-9-3-1-7(2-4-9)11-17-18-13(23-11)16-12-14-5-8(6-15-12)10(21)19-22/h1-6,20,22H,(H,19,21)(H,14,15,16,18). The lowest BCUT2D eigenvalue weighted by Gasteiger charge is -2.00. The summed E-state index contributed by atoms with van der Waals surface area (Å²) in [6.45, 7) is 0. The molecule has 0 radical (unpaired) electrons. The van der Waals surface area contributed by atoms with E-state index in [1.54, 1.807) is 12.1 Å². The fourth-order valence-corrected chi connectivity index (χ4v) is 1.66. The first-order valence-corrected chi connectivity index (χ1v) is 6.32. The summed E-state index contributed by atoms with van der Waals surface area (Å²) in [5.41, 5.74) is 2.21. The van der Waals surface area contributed by atoms with E-state index in [1.807, 2.05) is 0 Å². The van der Waals surface area contributed by atoms with E-state index in [9.17, 15) is 9.90 Å². The molecule has 3 aromatic rings. The lowest BCUT2D eigenvalue weighted by molar-refractivity contribution is 0.0705. The van der Waals surface area contributed by atoms with Gasteiger partial charge in [-0.15, -0.1) is 5.10 Å². The first kappa shape index (κ1) is 14.4. The SMILES string of the molecule is O=C(NO)c1cnc(Nc2nnc(-c3ccc(O)cc3)o2)nc1. The minimum absolute atomic E-state index is 0.0624. The Morgan fingerprint density at radius 3 is 2.43 bits per heavy atom. The molecule has 4 N–H and O–H groups in total. The van der Waals surface area contributed by atoms with E-state index in [4.69, 9.17) is 9.62 Å². The maximum absolute atomic E-state index is 11.1. The highest BCUT2D eigenvalue weighted by atomic mass is 16.5. The molecule has 0 saturated carbocycles. The number of nitrogens with zero attached hydrogens (tertiary/aromatic N) is 4. The summed E-state index contributed by atoms with van der Waals surface area (Å²) in [6, 6.07) is 6.32. The van der Waals surface area contributed by atoms with Crippen molar-refractivity contribution >= 4 is 17.9 Å². The number of benzene rings is 1. The Labute approximate surface area is 128 Å². The van der Waals surface area contributed by atoms with Crippen LogP contribution in [-0.4, -0.2) is 36.4 Å². The van der Waals surface area contributed by atoms with E-state index in [2.05, 4.69) is 25.5 Å². The van der Waals surface area contributed by atoms with Gasteiger partial charge in [-0.3, -0.25) is 15.3 Å². The Bertz CT molecular complexity index is 815. The molecule has 0 fully saturated rings. The van der Waals surface area contributed by atoms with Crippen LogP contribution in [0.2, 0.25) is 0 Å². The fourth-order valence-electron chi connectivity index (χ4n) is 1.66. The largest absolute Gasteiger partial charge is 0.508 e. The van der Waals surface area contributed by atoms with Crippen LogP contribution >= 0.6 is 0 Å². The van der Waals surface area contributed by atoms with Gasteiger partial charge >= 0.3 is 6.01 Å². The molecular weight excluding hydrogens is 304 g/mol. The Morgan fingerprint density at radius 2 is 1.78 bits per heavy atom. The average Bonchev–Trinajstić information content (AvgIpc) is 3.04. The number of amides is 1. The monoisotopic (exact) mass is 314 g/mol. The van der Waals surface area contributed by atoms with E-state index in [0.717, 1.165) is 0 Å². The van der Waals surface area contributed by atoms with Crippen LogP contribution in [0.25, 0.3) is 11.5 Å². The first-order chi connectivity index (χ1) is 11.2. The normalized spacial score (nSPS) is 10.3. The Balaban J connectivity index is 1.74. The summed E-state index contributed by atoms with van der Waals surface area (Å²) in [6.07, 6.45) is 2.44. The van der Waals surface area contributed by atoms with Crippen molar-refractivity contribution in [1.29, 1.82) is 0 Å². The molecular formula is C13H10N6O4. The van der Waals surface area contributed by atoms with Crippen molar-refractivity contribution in [1.82, 2.24) is 25.6 Å².